The summed E-state index contributed by atoms with van der Waals surface area (Å²) in [5.74, 6) is 0.950. The maximum atomic E-state index is 6.62. The lowest BCUT2D eigenvalue weighted by molar-refractivity contribution is 0.238. The van der Waals surface area contributed by atoms with E-state index in [-0.39, 0.29) is 6.10 Å². The van der Waals surface area contributed by atoms with Crippen molar-refractivity contribution in [3.05, 3.63) is 87.9 Å². The molecule has 0 N–H and O–H groups in total. The number of ether oxygens (including phenoxy) is 1. The fourth-order valence-electron chi connectivity index (χ4n) is 3.63. The first-order valence-corrected chi connectivity index (χ1v) is 8.62. The van der Waals surface area contributed by atoms with Crippen LogP contribution in [-0.4, -0.2) is 0 Å². The third-order valence-electron chi connectivity index (χ3n) is 4.78. The van der Waals surface area contributed by atoms with Gasteiger partial charge >= 0.3 is 0 Å². The summed E-state index contributed by atoms with van der Waals surface area (Å²) in [6.45, 7) is 4.28. The molecule has 0 bridgehead atoms. The Morgan fingerprint density at radius 2 is 1.54 bits per heavy atom. The van der Waals surface area contributed by atoms with E-state index < -0.39 is 0 Å². The number of aryl methyl sites for hydroxylation is 2. The van der Waals surface area contributed by atoms with Gasteiger partial charge in [-0.15, -0.1) is 0 Å². The molecule has 2 heteroatoms. The molecule has 0 aliphatic carbocycles. The molecule has 0 spiro atoms. The Hall–Kier alpha value is -2.25. The minimum absolute atomic E-state index is 0.0581. The Labute approximate surface area is 147 Å². The average Bonchev–Trinajstić information content (AvgIpc) is 3.02. The van der Waals surface area contributed by atoms with E-state index in [1.54, 1.807) is 0 Å². The van der Waals surface area contributed by atoms with Crippen LogP contribution in [0, 0.1) is 13.8 Å². The molecule has 0 amide bonds. The van der Waals surface area contributed by atoms with Gasteiger partial charge in [-0.3, -0.25) is 0 Å². The smallest absolute Gasteiger partial charge is 0.128 e. The normalized spacial score (nSPS) is 15.9. The first kappa shape index (κ1) is 15.3. The third-order valence-corrected chi connectivity index (χ3v) is 5.10. The second kappa shape index (κ2) is 5.99. The lowest BCUT2D eigenvalue weighted by atomic mass is 9.90. The Kier molecular flexibility index (Phi) is 3.82. The summed E-state index contributed by atoms with van der Waals surface area (Å²) in [5.41, 5.74) is 7.27. The molecule has 0 radical (unpaired) electrons. The van der Waals surface area contributed by atoms with Gasteiger partial charge in [0.15, 0.2) is 0 Å². The largest absolute Gasteiger partial charge is 0.485 e. The molecule has 0 saturated carbocycles. The summed E-state index contributed by atoms with van der Waals surface area (Å²) >= 11 is 6.62. The summed E-state index contributed by atoms with van der Waals surface area (Å²) in [5, 5.41) is 0.795. The highest BCUT2D eigenvalue weighted by Gasteiger charge is 2.29. The van der Waals surface area contributed by atoms with E-state index in [1.807, 2.05) is 18.2 Å². The number of benzene rings is 3. The summed E-state index contributed by atoms with van der Waals surface area (Å²) in [6, 6.07) is 20.7. The number of rotatable bonds is 2. The van der Waals surface area contributed by atoms with E-state index in [2.05, 4.69) is 56.3 Å². The van der Waals surface area contributed by atoms with E-state index in [1.165, 1.54) is 27.8 Å². The van der Waals surface area contributed by atoms with Crippen molar-refractivity contribution in [3.63, 3.8) is 0 Å². The molecule has 3 aromatic carbocycles. The number of hydrogen-bond acceptors (Lipinski definition) is 1. The predicted molar refractivity (Wildman–Crippen MR) is 99.9 cm³/mol. The van der Waals surface area contributed by atoms with Gasteiger partial charge in [0.25, 0.3) is 0 Å². The van der Waals surface area contributed by atoms with Gasteiger partial charge < -0.3 is 4.74 Å². The lowest BCUT2D eigenvalue weighted by Crippen LogP contribution is -2.02. The molecule has 1 unspecified atom stereocenters. The maximum Gasteiger partial charge on any atom is 0.128 e. The molecular weight excluding hydrogens is 316 g/mol. The molecule has 1 aliphatic rings. The van der Waals surface area contributed by atoms with Crippen molar-refractivity contribution in [1.82, 2.24) is 0 Å². The highest BCUT2D eigenvalue weighted by Crippen LogP contribution is 2.46. The van der Waals surface area contributed by atoms with Crippen LogP contribution in [0.3, 0.4) is 0 Å². The summed E-state index contributed by atoms with van der Waals surface area (Å²) in [6.07, 6.45) is 0.908. The van der Waals surface area contributed by atoms with Crippen LogP contribution in [0.1, 0.15) is 28.4 Å². The van der Waals surface area contributed by atoms with Crippen molar-refractivity contribution in [3.8, 4) is 16.9 Å². The predicted octanol–water partition coefficient (Wildman–Crippen LogP) is 6.30. The summed E-state index contributed by atoms with van der Waals surface area (Å²) < 4.78 is 6.23. The number of halogens is 1. The van der Waals surface area contributed by atoms with Gasteiger partial charge in [-0.2, -0.15) is 0 Å². The van der Waals surface area contributed by atoms with Crippen LogP contribution in [0.4, 0.5) is 0 Å². The molecule has 3 aromatic rings. The zero-order chi connectivity index (χ0) is 16.7. The minimum Gasteiger partial charge on any atom is -0.485 e. The second-order valence-corrected chi connectivity index (χ2v) is 6.79. The zero-order valence-electron chi connectivity index (χ0n) is 13.8. The number of fused-ring (bicyclic) bond motifs is 1. The summed E-state index contributed by atoms with van der Waals surface area (Å²) in [7, 11) is 0. The molecule has 4 rings (SSSR count). The molecule has 1 aliphatic heterocycles. The first-order chi connectivity index (χ1) is 11.6. The van der Waals surface area contributed by atoms with E-state index in [0.717, 1.165) is 22.8 Å². The van der Waals surface area contributed by atoms with Gasteiger partial charge in [-0.25, -0.2) is 0 Å². The fourth-order valence-corrected chi connectivity index (χ4v) is 3.90. The maximum absolute atomic E-state index is 6.62. The van der Waals surface area contributed by atoms with Crippen molar-refractivity contribution >= 4 is 11.6 Å². The number of hydrogen-bond donors (Lipinski definition) is 0. The van der Waals surface area contributed by atoms with E-state index in [4.69, 9.17) is 16.3 Å². The van der Waals surface area contributed by atoms with E-state index >= 15 is 0 Å². The molecular formula is C22H19ClO. The molecule has 1 atom stereocenters. The van der Waals surface area contributed by atoms with Crippen LogP contribution >= 0.6 is 11.6 Å². The Morgan fingerprint density at radius 1 is 0.833 bits per heavy atom. The van der Waals surface area contributed by atoms with Crippen molar-refractivity contribution in [1.29, 1.82) is 0 Å². The molecule has 1 heterocycles. The van der Waals surface area contributed by atoms with Crippen LogP contribution in [0.25, 0.3) is 11.1 Å². The van der Waals surface area contributed by atoms with E-state index in [9.17, 15) is 0 Å². The van der Waals surface area contributed by atoms with Gasteiger partial charge in [-0.1, -0.05) is 60.1 Å². The summed E-state index contributed by atoms with van der Waals surface area (Å²) in [4.78, 5) is 0. The standard InChI is InChI=1S/C22H19ClO/c1-14-7-6-8-15(2)21(14)22-17-13-20(16-9-4-3-5-10-16)24-19(17)12-11-18(22)23/h3-12,20H,13H2,1-2H3. The highest BCUT2D eigenvalue weighted by molar-refractivity contribution is 6.33. The van der Waals surface area contributed by atoms with Crippen molar-refractivity contribution in [2.45, 2.75) is 26.4 Å². The van der Waals surface area contributed by atoms with Crippen LogP contribution in [0.5, 0.6) is 5.75 Å². The van der Waals surface area contributed by atoms with Crippen LogP contribution in [0.15, 0.2) is 60.7 Å². The Balaban J connectivity index is 1.85. The molecule has 0 fully saturated rings. The van der Waals surface area contributed by atoms with Gasteiger partial charge in [-0.05, 0) is 48.2 Å². The highest BCUT2D eigenvalue weighted by atomic mass is 35.5. The third kappa shape index (κ3) is 2.50. The fraction of sp³-hybridized carbons (Fsp3) is 0.182. The second-order valence-electron chi connectivity index (χ2n) is 6.39. The van der Waals surface area contributed by atoms with Gasteiger partial charge in [0, 0.05) is 22.6 Å². The molecule has 1 nitrogen and oxygen atoms in total. The lowest BCUT2D eigenvalue weighted by Gasteiger charge is -2.15. The van der Waals surface area contributed by atoms with E-state index in [0.29, 0.717) is 0 Å². The van der Waals surface area contributed by atoms with Crippen molar-refractivity contribution < 1.29 is 4.74 Å². The average molecular weight is 335 g/mol. The molecule has 0 saturated heterocycles. The topological polar surface area (TPSA) is 9.23 Å². The quantitative estimate of drug-likeness (QED) is 0.534. The SMILES string of the molecule is Cc1cccc(C)c1-c1c(Cl)ccc2c1CC(c1ccccc1)O2. The van der Waals surface area contributed by atoms with Crippen molar-refractivity contribution in [2.75, 3.05) is 0 Å². The molecule has 24 heavy (non-hydrogen) atoms. The van der Waals surface area contributed by atoms with Gasteiger partial charge in [0.2, 0.25) is 0 Å². The van der Waals surface area contributed by atoms with Crippen LogP contribution in [0.2, 0.25) is 5.02 Å². The molecule has 120 valence electrons. The monoisotopic (exact) mass is 334 g/mol. The molecule has 0 aromatic heterocycles. The van der Waals surface area contributed by atoms with Crippen LogP contribution in [-0.2, 0) is 6.42 Å². The van der Waals surface area contributed by atoms with Gasteiger partial charge in [0.1, 0.15) is 11.9 Å². The van der Waals surface area contributed by atoms with Crippen LogP contribution < -0.4 is 4.74 Å². The first-order valence-electron chi connectivity index (χ1n) is 8.24. The van der Waals surface area contributed by atoms with Gasteiger partial charge in [0.05, 0.1) is 0 Å². The minimum atomic E-state index is 0.0581. The Bertz CT molecular complexity index is 879. The Morgan fingerprint density at radius 3 is 2.25 bits per heavy atom. The zero-order valence-corrected chi connectivity index (χ0v) is 14.6. The van der Waals surface area contributed by atoms with Crippen molar-refractivity contribution in [2.24, 2.45) is 0 Å².